The molecule has 3 heterocycles. The molecule has 4 aromatic rings. The van der Waals surface area contributed by atoms with Crippen molar-refractivity contribution in [2.45, 2.75) is 30.6 Å². The molecule has 0 fully saturated rings. The number of anilines is 1. The van der Waals surface area contributed by atoms with Gasteiger partial charge in [-0.3, -0.25) is 0 Å². The molecule has 0 aliphatic carbocycles. The van der Waals surface area contributed by atoms with Gasteiger partial charge in [-0.2, -0.15) is 9.57 Å². The van der Waals surface area contributed by atoms with Gasteiger partial charge < -0.3 is 18.8 Å². The van der Waals surface area contributed by atoms with Crippen molar-refractivity contribution in [3.05, 3.63) is 95.5 Å². The summed E-state index contributed by atoms with van der Waals surface area (Å²) in [5.41, 5.74) is 4.41. The van der Waals surface area contributed by atoms with Gasteiger partial charge in [0.25, 0.3) is 10.0 Å². The number of aryl methyl sites for hydroxylation is 2. The lowest BCUT2D eigenvalue weighted by Crippen LogP contribution is -2.50. The molecule has 206 valence electrons. The number of rotatable bonds is 8. The first-order chi connectivity index (χ1) is 19.2. The summed E-state index contributed by atoms with van der Waals surface area (Å²) in [5.74, 6) is -0.465. The second-order valence-electron chi connectivity index (χ2n) is 9.81. The van der Waals surface area contributed by atoms with Crippen molar-refractivity contribution in [2.24, 2.45) is 14.1 Å². The number of imidazole rings is 2. The number of benzene rings is 2. The molecule has 0 N–H and O–H groups in total. The van der Waals surface area contributed by atoms with Gasteiger partial charge in [-0.25, -0.2) is 23.2 Å². The lowest BCUT2D eigenvalue weighted by molar-refractivity contribution is 0.0600. The third-order valence-electron chi connectivity index (χ3n) is 7.08. The zero-order chi connectivity index (χ0) is 28.4. The van der Waals surface area contributed by atoms with Crippen molar-refractivity contribution < 1.29 is 17.9 Å². The van der Waals surface area contributed by atoms with E-state index in [2.05, 4.69) is 20.9 Å². The number of aromatic nitrogens is 4. The highest BCUT2D eigenvalue weighted by atomic mass is 32.2. The molecule has 1 aliphatic rings. The van der Waals surface area contributed by atoms with Crippen LogP contribution < -0.4 is 4.90 Å². The Morgan fingerprint density at radius 2 is 1.95 bits per heavy atom. The molecule has 2 aromatic carbocycles. The minimum absolute atomic E-state index is 0.0454. The average Bonchev–Trinajstić information content (AvgIpc) is 3.59. The molecule has 2 aromatic heterocycles. The van der Waals surface area contributed by atoms with E-state index in [4.69, 9.17) is 4.74 Å². The molecule has 11 nitrogen and oxygen atoms in total. The van der Waals surface area contributed by atoms with Crippen LogP contribution in [0.1, 0.15) is 32.7 Å². The van der Waals surface area contributed by atoms with Crippen LogP contribution in [0.25, 0.3) is 0 Å². The van der Waals surface area contributed by atoms with E-state index in [1.807, 2.05) is 23.7 Å². The topological polar surface area (TPSA) is 126 Å². The molecular formula is C28H29N7O4S. The predicted molar refractivity (Wildman–Crippen MR) is 147 cm³/mol. The van der Waals surface area contributed by atoms with Gasteiger partial charge in [-0.05, 0) is 47.9 Å². The van der Waals surface area contributed by atoms with Crippen molar-refractivity contribution >= 4 is 21.7 Å². The van der Waals surface area contributed by atoms with Gasteiger partial charge in [-0.15, -0.1) is 0 Å². The van der Waals surface area contributed by atoms with E-state index in [0.29, 0.717) is 36.2 Å². The fourth-order valence-electron chi connectivity index (χ4n) is 4.97. The lowest BCUT2D eigenvalue weighted by Gasteiger charge is -2.40. The van der Waals surface area contributed by atoms with E-state index in [1.165, 1.54) is 23.9 Å². The lowest BCUT2D eigenvalue weighted by atomic mass is 9.95. The summed E-state index contributed by atoms with van der Waals surface area (Å²) in [4.78, 5) is 22.4. The molecule has 0 spiro atoms. The Kier molecular flexibility index (Phi) is 7.42. The zero-order valence-corrected chi connectivity index (χ0v) is 23.2. The van der Waals surface area contributed by atoms with Crippen molar-refractivity contribution in [3.63, 3.8) is 0 Å². The molecule has 1 atom stereocenters. The number of nitriles is 1. The van der Waals surface area contributed by atoms with Crippen LogP contribution in [-0.4, -0.2) is 57.5 Å². The van der Waals surface area contributed by atoms with E-state index in [0.717, 1.165) is 16.9 Å². The molecule has 0 radical (unpaired) electrons. The first kappa shape index (κ1) is 27.1. The second kappa shape index (κ2) is 11.0. The molecule has 40 heavy (non-hydrogen) atoms. The van der Waals surface area contributed by atoms with Gasteiger partial charge in [0, 0.05) is 51.3 Å². The van der Waals surface area contributed by atoms with Gasteiger partial charge in [0.2, 0.25) is 0 Å². The summed E-state index contributed by atoms with van der Waals surface area (Å²) < 4.78 is 37.9. The molecule has 1 unspecified atom stereocenters. The highest BCUT2D eigenvalue weighted by Gasteiger charge is 2.37. The van der Waals surface area contributed by atoms with Crippen LogP contribution in [0.2, 0.25) is 0 Å². The van der Waals surface area contributed by atoms with Crippen molar-refractivity contribution in [2.75, 3.05) is 18.6 Å². The number of sulfonamides is 1. The fourth-order valence-corrected chi connectivity index (χ4v) is 6.54. The first-order valence-corrected chi connectivity index (χ1v) is 14.0. The van der Waals surface area contributed by atoms with Gasteiger partial charge in [-0.1, -0.05) is 12.1 Å². The average molecular weight is 560 g/mol. The molecule has 5 rings (SSSR count). The predicted octanol–water partition coefficient (Wildman–Crippen LogP) is 2.63. The van der Waals surface area contributed by atoms with Crippen LogP contribution in [0.4, 0.5) is 5.69 Å². The Hall–Kier alpha value is -4.47. The Morgan fingerprint density at radius 1 is 1.18 bits per heavy atom. The highest BCUT2D eigenvalue weighted by molar-refractivity contribution is 7.89. The number of carbonyl (C=O) groups excluding carboxylic acids is 1. The summed E-state index contributed by atoms with van der Waals surface area (Å²) in [5, 5.41) is 9.51. The van der Waals surface area contributed by atoms with Crippen LogP contribution in [0, 0.1) is 11.3 Å². The standard InChI is InChI=1S/C28H29N7O4S/c1-32-17-27(31-19-32)40(37,38)35(14-20-4-7-22(8-5-20)28(36)39-3)24-11-23-10-21(12-29)6-9-26(23)34(15-24)16-25-13-30-18-33(25)2/h4-10,13,17-19,24H,11,14-16H2,1-3H3. The van der Waals surface area contributed by atoms with E-state index < -0.39 is 22.0 Å². The first-order valence-electron chi connectivity index (χ1n) is 12.6. The second-order valence-corrected chi connectivity index (χ2v) is 11.6. The zero-order valence-electron chi connectivity index (χ0n) is 22.4. The Balaban J connectivity index is 1.56. The van der Waals surface area contributed by atoms with E-state index in [9.17, 15) is 18.5 Å². The van der Waals surface area contributed by atoms with Crippen LogP contribution in [-0.2, 0) is 48.4 Å². The third-order valence-corrected chi connectivity index (χ3v) is 8.86. The summed E-state index contributed by atoms with van der Waals surface area (Å²) in [7, 11) is 0.928. The highest BCUT2D eigenvalue weighted by Crippen LogP contribution is 2.33. The van der Waals surface area contributed by atoms with Gasteiger partial charge in [0.1, 0.15) is 0 Å². The molecule has 0 saturated heterocycles. The minimum atomic E-state index is -4.02. The summed E-state index contributed by atoms with van der Waals surface area (Å²) in [6, 6.07) is 13.9. The fraction of sp³-hybridized carbons (Fsp3) is 0.286. The van der Waals surface area contributed by atoms with Crippen molar-refractivity contribution in [3.8, 4) is 6.07 Å². The van der Waals surface area contributed by atoms with Crippen molar-refractivity contribution in [1.82, 2.24) is 23.4 Å². The van der Waals surface area contributed by atoms with Crippen LogP contribution in [0.5, 0.6) is 0 Å². The number of ether oxygens (including phenoxy) is 1. The molecule has 12 heteroatoms. The molecular weight excluding hydrogens is 530 g/mol. The largest absolute Gasteiger partial charge is 0.465 e. The molecule has 0 bridgehead atoms. The number of hydrogen-bond acceptors (Lipinski definition) is 8. The Labute approximate surface area is 232 Å². The SMILES string of the molecule is COC(=O)c1ccc(CN(C2Cc3cc(C#N)ccc3N(Cc3cncn3C)C2)S(=O)(=O)c2cn(C)cn2)cc1. The number of carbonyl (C=O) groups is 1. The van der Waals surface area contributed by atoms with Crippen LogP contribution >= 0.6 is 0 Å². The van der Waals surface area contributed by atoms with E-state index in [-0.39, 0.29) is 11.6 Å². The monoisotopic (exact) mass is 559 g/mol. The van der Waals surface area contributed by atoms with Gasteiger partial charge >= 0.3 is 5.97 Å². The maximum atomic E-state index is 14.1. The summed E-state index contributed by atoms with van der Waals surface area (Å²) in [6.07, 6.45) is 6.88. The smallest absolute Gasteiger partial charge is 0.337 e. The normalized spacial score (nSPS) is 15.1. The Morgan fingerprint density at radius 3 is 2.58 bits per heavy atom. The van der Waals surface area contributed by atoms with E-state index in [1.54, 1.807) is 54.5 Å². The summed E-state index contributed by atoms with van der Waals surface area (Å²) in [6.45, 7) is 0.992. The minimum Gasteiger partial charge on any atom is -0.465 e. The third kappa shape index (κ3) is 5.34. The van der Waals surface area contributed by atoms with Gasteiger partial charge in [0.05, 0.1) is 49.2 Å². The van der Waals surface area contributed by atoms with Crippen LogP contribution in [0.15, 0.2) is 72.5 Å². The van der Waals surface area contributed by atoms with Crippen molar-refractivity contribution in [1.29, 1.82) is 5.26 Å². The Bertz CT molecular complexity index is 1690. The summed E-state index contributed by atoms with van der Waals surface area (Å²) >= 11 is 0. The quantitative estimate of drug-likeness (QED) is 0.302. The number of hydrogen-bond donors (Lipinski definition) is 0. The maximum absolute atomic E-state index is 14.1. The molecule has 0 saturated carbocycles. The van der Waals surface area contributed by atoms with Crippen LogP contribution in [0.3, 0.4) is 0 Å². The number of esters is 1. The number of fused-ring (bicyclic) bond motifs is 1. The number of nitrogens with zero attached hydrogens (tertiary/aromatic N) is 7. The molecule has 0 amide bonds. The van der Waals surface area contributed by atoms with Gasteiger partial charge in [0.15, 0.2) is 5.03 Å². The number of methoxy groups -OCH3 is 1. The maximum Gasteiger partial charge on any atom is 0.337 e. The van der Waals surface area contributed by atoms with E-state index >= 15 is 0 Å². The molecule has 1 aliphatic heterocycles.